The first-order valence-corrected chi connectivity index (χ1v) is 9.40. The number of hydrogen-bond acceptors (Lipinski definition) is 6. The molecule has 1 N–H and O–H groups in total. The van der Waals surface area contributed by atoms with Crippen molar-refractivity contribution >= 4 is 16.7 Å². The number of benzene rings is 1. The lowest BCUT2D eigenvalue weighted by molar-refractivity contribution is 0.375. The van der Waals surface area contributed by atoms with Crippen molar-refractivity contribution in [1.82, 2.24) is 24.3 Å². The van der Waals surface area contributed by atoms with Crippen LogP contribution in [0.4, 0.5) is 10.3 Å². The van der Waals surface area contributed by atoms with Gasteiger partial charge in [-0.1, -0.05) is 12.1 Å². The Morgan fingerprint density at radius 3 is 2.83 bits per heavy atom. The van der Waals surface area contributed by atoms with Gasteiger partial charge in [0.2, 0.25) is 5.95 Å². The number of pyridine rings is 1. The number of imidazole rings is 1. The lowest BCUT2D eigenvalue weighted by Gasteiger charge is -2.16. The van der Waals surface area contributed by atoms with Gasteiger partial charge in [0.15, 0.2) is 5.75 Å². The van der Waals surface area contributed by atoms with Crippen LogP contribution in [0.2, 0.25) is 0 Å². The van der Waals surface area contributed by atoms with Crippen molar-refractivity contribution < 1.29 is 9.13 Å². The Balaban J connectivity index is 1.73. The Morgan fingerprint density at radius 1 is 1.23 bits per heavy atom. The molecule has 1 aromatic carbocycles. The summed E-state index contributed by atoms with van der Waals surface area (Å²) < 4.78 is 22.0. The minimum absolute atomic E-state index is 0.0242. The highest BCUT2D eigenvalue weighted by Crippen LogP contribution is 2.23. The number of rotatable bonds is 6. The number of methoxy groups -OCH3 is 1. The zero-order chi connectivity index (χ0) is 21.3. The van der Waals surface area contributed by atoms with Crippen LogP contribution in [-0.4, -0.2) is 38.5 Å². The first kappa shape index (κ1) is 19.6. The molecule has 30 heavy (non-hydrogen) atoms. The van der Waals surface area contributed by atoms with Crippen LogP contribution in [0, 0.1) is 5.95 Å². The van der Waals surface area contributed by atoms with E-state index in [9.17, 15) is 9.18 Å². The van der Waals surface area contributed by atoms with Crippen molar-refractivity contribution in [2.24, 2.45) is 0 Å². The van der Waals surface area contributed by atoms with Crippen LogP contribution in [0.15, 0.2) is 53.8 Å². The second-order valence-corrected chi connectivity index (χ2v) is 6.88. The summed E-state index contributed by atoms with van der Waals surface area (Å²) in [5.74, 6) is 0.0714. The molecule has 0 saturated carbocycles. The van der Waals surface area contributed by atoms with Crippen molar-refractivity contribution in [2.45, 2.75) is 19.5 Å². The Hall–Kier alpha value is -3.75. The molecule has 1 unspecified atom stereocenters. The minimum atomic E-state index is -0.697. The highest BCUT2D eigenvalue weighted by Gasteiger charge is 2.16. The fourth-order valence-electron chi connectivity index (χ4n) is 3.39. The van der Waals surface area contributed by atoms with E-state index < -0.39 is 12.0 Å². The molecule has 0 aliphatic rings. The van der Waals surface area contributed by atoms with Crippen LogP contribution in [0.3, 0.4) is 0 Å². The Bertz CT molecular complexity index is 1270. The number of nitrogens with one attached hydrogen (secondary N) is 1. The van der Waals surface area contributed by atoms with Gasteiger partial charge in [0, 0.05) is 31.0 Å². The molecule has 0 amide bonds. The Kier molecular flexibility index (Phi) is 5.18. The number of fused-ring (bicyclic) bond motifs is 1. The van der Waals surface area contributed by atoms with Crippen molar-refractivity contribution in [1.29, 1.82) is 0 Å². The number of anilines is 1. The largest absolute Gasteiger partial charge is 0.492 e. The topological polar surface area (TPSA) is 86.9 Å². The molecule has 0 aliphatic heterocycles. The molecule has 0 bridgehead atoms. The second kappa shape index (κ2) is 7.94. The van der Waals surface area contributed by atoms with Crippen molar-refractivity contribution in [2.75, 3.05) is 19.5 Å². The van der Waals surface area contributed by atoms with Gasteiger partial charge in [-0.15, -0.1) is 0 Å². The lowest BCUT2D eigenvalue weighted by Crippen LogP contribution is -2.26. The van der Waals surface area contributed by atoms with Gasteiger partial charge in [0.05, 0.1) is 31.3 Å². The van der Waals surface area contributed by atoms with E-state index in [-0.39, 0.29) is 11.3 Å². The van der Waals surface area contributed by atoms with Crippen LogP contribution in [0.25, 0.3) is 10.8 Å². The number of hydrogen-bond donors (Lipinski definition) is 1. The fourth-order valence-corrected chi connectivity index (χ4v) is 3.39. The van der Waals surface area contributed by atoms with E-state index in [4.69, 9.17) is 4.74 Å². The van der Waals surface area contributed by atoms with E-state index in [1.54, 1.807) is 12.4 Å². The molecular weight excluding hydrogens is 387 g/mol. The Morgan fingerprint density at radius 2 is 2.07 bits per heavy atom. The minimum Gasteiger partial charge on any atom is -0.492 e. The molecule has 0 fully saturated rings. The van der Waals surface area contributed by atoms with Crippen molar-refractivity contribution in [3.8, 4) is 5.75 Å². The third kappa shape index (κ3) is 3.49. The molecular formula is C21H21FN6O2. The highest BCUT2D eigenvalue weighted by molar-refractivity contribution is 5.81. The maximum absolute atomic E-state index is 13.6. The number of halogens is 1. The van der Waals surface area contributed by atoms with Crippen LogP contribution in [-0.2, 0) is 6.54 Å². The molecule has 0 aliphatic carbocycles. The first-order valence-electron chi connectivity index (χ1n) is 9.40. The molecule has 4 rings (SSSR count). The molecule has 154 valence electrons. The maximum Gasteiger partial charge on any atom is 0.275 e. The van der Waals surface area contributed by atoms with Gasteiger partial charge >= 0.3 is 0 Å². The maximum atomic E-state index is 13.6. The van der Waals surface area contributed by atoms with E-state index in [1.807, 2.05) is 42.9 Å². The molecule has 8 nitrogen and oxygen atoms in total. The van der Waals surface area contributed by atoms with E-state index in [0.717, 1.165) is 16.9 Å². The molecule has 4 aromatic rings. The third-order valence-electron chi connectivity index (χ3n) is 5.07. The van der Waals surface area contributed by atoms with Crippen molar-refractivity contribution in [3.05, 3.63) is 76.5 Å². The molecule has 9 heteroatoms. The normalized spacial score (nSPS) is 12.1. The lowest BCUT2D eigenvalue weighted by atomic mass is 10.1. The molecule has 1 atom stereocenters. The number of aromatic nitrogens is 5. The SMILES string of the molecule is CNc1nccn1Cc1ccc2cnn(C(C)c3cnc(F)c(OC)c3)c(=O)c2c1. The summed E-state index contributed by atoms with van der Waals surface area (Å²) in [5.41, 5.74) is 1.35. The smallest absolute Gasteiger partial charge is 0.275 e. The van der Waals surface area contributed by atoms with E-state index in [1.165, 1.54) is 24.1 Å². The average Bonchev–Trinajstić information content (AvgIpc) is 3.21. The summed E-state index contributed by atoms with van der Waals surface area (Å²) in [6.45, 7) is 2.38. The molecule has 3 aromatic heterocycles. The van der Waals surface area contributed by atoms with E-state index >= 15 is 0 Å². The van der Waals surface area contributed by atoms with Gasteiger partial charge in [-0.25, -0.2) is 14.6 Å². The van der Waals surface area contributed by atoms with Gasteiger partial charge in [-0.3, -0.25) is 4.79 Å². The summed E-state index contributed by atoms with van der Waals surface area (Å²) >= 11 is 0. The molecule has 3 heterocycles. The van der Waals surface area contributed by atoms with Gasteiger partial charge in [0.1, 0.15) is 0 Å². The van der Waals surface area contributed by atoms with Crippen LogP contribution >= 0.6 is 0 Å². The van der Waals surface area contributed by atoms with Crippen LogP contribution in [0.1, 0.15) is 24.1 Å². The van der Waals surface area contributed by atoms with Crippen molar-refractivity contribution in [3.63, 3.8) is 0 Å². The average molecular weight is 408 g/mol. The third-order valence-corrected chi connectivity index (χ3v) is 5.07. The standard InChI is InChI=1S/C21H21FN6O2/c1-13(16-9-18(30-3)19(22)25-10-16)28-20(29)17-8-14(4-5-15(17)11-26-28)12-27-7-6-24-21(27)23-2/h4-11,13H,12H2,1-3H3,(H,23,24). The summed E-state index contributed by atoms with van der Waals surface area (Å²) in [7, 11) is 3.18. The molecule has 0 saturated heterocycles. The summed E-state index contributed by atoms with van der Waals surface area (Å²) in [5, 5.41) is 8.65. The predicted molar refractivity (Wildman–Crippen MR) is 111 cm³/mol. The quantitative estimate of drug-likeness (QED) is 0.494. The first-order chi connectivity index (χ1) is 14.5. The second-order valence-electron chi connectivity index (χ2n) is 6.88. The van der Waals surface area contributed by atoms with Crippen LogP contribution in [0.5, 0.6) is 5.75 Å². The zero-order valence-corrected chi connectivity index (χ0v) is 16.8. The van der Waals surface area contributed by atoms with Gasteiger partial charge in [-0.05, 0) is 30.2 Å². The fraction of sp³-hybridized carbons (Fsp3) is 0.238. The molecule has 0 radical (unpaired) electrons. The number of nitrogens with zero attached hydrogens (tertiary/aromatic N) is 5. The van der Waals surface area contributed by atoms with Gasteiger partial charge in [0.25, 0.3) is 11.5 Å². The van der Waals surface area contributed by atoms with E-state index in [0.29, 0.717) is 17.5 Å². The predicted octanol–water partition coefficient (Wildman–Crippen LogP) is 2.84. The summed E-state index contributed by atoms with van der Waals surface area (Å²) in [6.07, 6.45) is 6.63. The monoisotopic (exact) mass is 408 g/mol. The molecule has 0 spiro atoms. The Labute approximate surface area is 172 Å². The summed E-state index contributed by atoms with van der Waals surface area (Å²) in [6, 6.07) is 6.79. The van der Waals surface area contributed by atoms with Gasteiger partial charge < -0.3 is 14.6 Å². The zero-order valence-electron chi connectivity index (χ0n) is 16.8. The summed E-state index contributed by atoms with van der Waals surface area (Å²) in [4.78, 5) is 21.1. The number of ether oxygens (including phenoxy) is 1. The van der Waals surface area contributed by atoms with Gasteiger partial charge in [-0.2, -0.15) is 9.49 Å². The van der Waals surface area contributed by atoms with E-state index in [2.05, 4.69) is 20.4 Å². The van der Waals surface area contributed by atoms with Crippen LogP contribution < -0.4 is 15.6 Å². The highest BCUT2D eigenvalue weighted by atomic mass is 19.1.